The van der Waals surface area contributed by atoms with E-state index in [0.717, 1.165) is 19.2 Å². The van der Waals surface area contributed by atoms with Crippen LogP contribution in [0, 0.1) is 0 Å². The van der Waals surface area contributed by atoms with Gasteiger partial charge in [0.25, 0.3) is 0 Å². The van der Waals surface area contributed by atoms with Crippen LogP contribution in [0.15, 0.2) is 6.07 Å². The second-order valence-electron chi connectivity index (χ2n) is 3.86. The minimum absolute atomic E-state index is 0.156. The van der Waals surface area contributed by atoms with Crippen LogP contribution in [0.4, 0.5) is 26.3 Å². The zero-order valence-electron chi connectivity index (χ0n) is 9.64. The van der Waals surface area contributed by atoms with Gasteiger partial charge >= 0.3 is 18.3 Å². The zero-order valence-corrected chi connectivity index (χ0v) is 9.64. The van der Waals surface area contributed by atoms with Crippen molar-refractivity contribution in [1.82, 2.24) is 15.5 Å². The molecule has 1 aliphatic rings. The van der Waals surface area contributed by atoms with Crippen LogP contribution >= 0.6 is 0 Å². The number of carboxylic acids is 1. The Morgan fingerprint density at radius 3 is 2.00 bits per heavy atom. The average Bonchev–Trinajstić information content (AvgIpc) is 2.62. The fourth-order valence-corrected chi connectivity index (χ4v) is 1.20. The number of carboxylic acid groups (broad SMARTS) is 1. The Morgan fingerprint density at radius 2 is 1.75 bits per heavy atom. The van der Waals surface area contributed by atoms with E-state index in [-0.39, 0.29) is 5.92 Å². The topological polar surface area (TPSA) is 78.0 Å². The predicted octanol–water partition coefficient (Wildman–Crippen LogP) is 1.75. The molecule has 2 heterocycles. The number of hydrogen-bond donors (Lipinski definition) is 3. The molecule has 0 unspecified atom stereocenters. The summed E-state index contributed by atoms with van der Waals surface area (Å²) in [6.45, 7) is 1.44. The summed E-state index contributed by atoms with van der Waals surface area (Å²) in [6.07, 6.45) is -9.42. The number of hydrogen-bond acceptors (Lipinski definition) is 3. The third kappa shape index (κ3) is 4.40. The van der Waals surface area contributed by atoms with E-state index in [4.69, 9.17) is 9.90 Å². The normalized spacial score (nSPS) is 16.1. The highest BCUT2D eigenvalue weighted by Crippen LogP contribution is 2.29. The molecule has 3 N–H and O–H groups in total. The van der Waals surface area contributed by atoms with Gasteiger partial charge < -0.3 is 10.4 Å². The Hall–Kier alpha value is -1.78. The molecular formula is C9H9F6N3O2. The van der Waals surface area contributed by atoms with Gasteiger partial charge in [-0.2, -0.15) is 31.4 Å². The number of nitrogens with one attached hydrogen (secondary N) is 2. The second-order valence-corrected chi connectivity index (χ2v) is 3.86. The summed E-state index contributed by atoms with van der Waals surface area (Å²) < 4.78 is 68.0. The van der Waals surface area contributed by atoms with E-state index >= 15 is 0 Å². The third-order valence-electron chi connectivity index (χ3n) is 2.35. The van der Waals surface area contributed by atoms with Crippen LogP contribution in [-0.4, -0.2) is 40.5 Å². The van der Waals surface area contributed by atoms with Crippen LogP contribution in [0.2, 0.25) is 0 Å². The smallest absolute Gasteiger partial charge is 0.475 e. The maximum atomic E-state index is 12.1. The second kappa shape index (κ2) is 5.69. The first-order valence-electron chi connectivity index (χ1n) is 5.15. The monoisotopic (exact) mass is 305 g/mol. The SMILES string of the molecule is FC(F)(F)c1cc(C2CNC2)[nH]n1.O=C(O)C(F)(F)F. The fraction of sp³-hybridized carbons (Fsp3) is 0.556. The summed E-state index contributed by atoms with van der Waals surface area (Å²) in [5.41, 5.74) is -0.277. The van der Waals surface area contributed by atoms with Crippen molar-refractivity contribution in [1.29, 1.82) is 0 Å². The van der Waals surface area contributed by atoms with Crippen LogP contribution in [-0.2, 0) is 11.0 Å². The molecule has 0 atom stereocenters. The quantitative estimate of drug-likeness (QED) is 0.691. The third-order valence-corrected chi connectivity index (χ3v) is 2.35. The molecule has 0 radical (unpaired) electrons. The van der Waals surface area contributed by atoms with E-state index in [1.165, 1.54) is 0 Å². The van der Waals surface area contributed by atoms with Crippen molar-refractivity contribution in [3.8, 4) is 0 Å². The maximum Gasteiger partial charge on any atom is 0.490 e. The first kappa shape index (κ1) is 16.3. The molecule has 20 heavy (non-hydrogen) atoms. The van der Waals surface area contributed by atoms with Gasteiger partial charge in [-0.15, -0.1) is 0 Å². The molecule has 1 aromatic heterocycles. The first-order valence-corrected chi connectivity index (χ1v) is 5.15. The van der Waals surface area contributed by atoms with Gasteiger partial charge in [0.05, 0.1) is 0 Å². The molecular weight excluding hydrogens is 296 g/mol. The molecule has 1 saturated heterocycles. The van der Waals surface area contributed by atoms with E-state index in [9.17, 15) is 26.3 Å². The van der Waals surface area contributed by atoms with Crippen LogP contribution in [0.3, 0.4) is 0 Å². The van der Waals surface area contributed by atoms with Crippen LogP contribution in [0.1, 0.15) is 17.3 Å². The molecule has 114 valence electrons. The Bertz CT molecular complexity index is 463. The number of halogens is 6. The molecule has 0 amide bonds. The van der Waals surface area contributed by atoms with Crippen LogP contribution in [0.5, 0.6) is 0 Å². The first-order chi connectivity index (χ1) is 9.01. The van der Waals surface area contributed by atoms with Gasteiger partial charge in [-0.05, 0) is 6.07 Å². The summed E-state index contributed by atoms with van der Waals surface area (Å²) in [7, 11) is 0. The van der Waals surface area contributed by atoms with E-state index in [2.05, 4.69) is 15.5 Å². The number of nitrogens with zero attached hydrogens (tertiary/aromatic N) is 1. The van der Waals surface area contributed by atoms with Crippen molar-refractivity contribution in [2.45, 2.75) is 18.3 Å². The summed E-state index contributed by atoms with van der Waals surface area (Å²) in [4.78, 5) is 8.90. The predicted molar refractivity (Wildman–Crippen MR) is 52.9 cm³/mol. The molecule has 0 saturated carbocycles. The van der Waals surface area contributed by atoms with Crippen LogP contribution in [0.25, 0.3) is 0 Å². The number of aromatic amines is 1. The van der Waals surface area contributed by atoms with Gasteiger partial charge in [-0.25, -0.2) is 4.79 Å². The lowest BCUT2D eigenvalue weighted by Crippen LogP contribution is -2.40. The van der Waals surface area contributed by atoms with Gasteiger partial charge in [0, 0.05) is 24.7 Å². The number of H-pyrrole nitrogens is 1. The number of aliphatic carboxylic acids is 1. The average molecular weight is 305 g/mol. The number of carbonyl (C=O) groups is 1. The summed E-state index contributed by atoms with van der Waals surface area (Å²) in [5.74, 6) is -2.60. The summed E-state index contributed by atoms with van der Waals surface area (Å²) in [6, 6.07) is 1.07. The number of aromatic nitrogens is 2. The van der Waals surface area contributed by atoms with Gasteiger partial charge in [-0.1, -0.05) is 0 Å². The number of rotatable bonds is 1. The molecule has 0 bridgehead atoms. The maximum absolute atomic E-state index is 12.1. The highest BCUT2D eigenvalue weighted by Gasteiger charge is 2.38. The standard InChI is InChI=1S/C7H8F3N3.C2HF3O2/c8-7(9,10)6-1-5(12-13-6)4-2-11-3-4;3-2(4,5)1(6)7/h1,4,11H,2-3H2,(H,12,13);(H,6,7). The van der Waals surface area contributed by atoms with Crippen molar-refractivity contribution < 1.29 is 36.2 Å². The van der Waals surface area contributed by atoms with E-state index in [1.807, 2.05) is 0 Å². The van der Waals surface area contributed by atoms with Gasteiger partial charge in [0.15, 0.2) is 5.69 Å². The fourth-order valence-electron chi connectivity index (χ4n) is 1.20. The lowest BCUT2D eigenvalue weighted by Gasteiger charge is -2.25. The minimum atomic E-state index is -5.08. The highest BCUT2D eigenvalue weighted by molar-refractivity contribution is 5.73. The molecule has 11 heteroatoms. The minimum Gasteiger partial charge on any atom is -0.475 e. The van der Waals surface area contributed by atoms with Crippen molar-refractivity contribution in [3.63, 3.8) is 0 Å². The Labute approximate surface area is 108 Å². The van der Waals surface area contributed by atoms with E-state index < -0.39 is 24.0 Å². The molecule has 1 aromatic rings. The highest BCUT2D eigenvalue weighted by atomic mass is 19.4. The van der Waals surface area contributed by atoms with Gasteiger partial charge in [0.2, 0.25) is 0 Å². The van der Waals surface area contributed by atoms with E-state index in [1.54, 1.807) is 0 Å². The number of alkyl halides is 6. The van der Waals surface area contributed by atoms with E-state index in [0.29, 0.717) is 5.69 Å². The Morgan fingerprint density at radius 1 is 1.25 bits per heavy atom. The lowest BCUT2D eigenvalue weighted by atomic mass is 9.99. The molecule has 1 fully saturated rings. The molecule has 1 aliphatic heterocycles. The van der Waals surface area contributed by atoms with Crippen molar-refractivity contribution >= 4 is 5.97 Å². The zero-order chi connectivity index (χ0) is 15.6. The molecule has 0 aromatic carbocycles. The Kier molecular flexibility index (Phi) is 4.63. The Balaban J connectivity index is 0.000000246. The van der Waals surface area contributed by atoms with Gasteiger partial charge in [0.1, 0.15) is 0 Å². The lowest BCUT2D eigenvalue weighted by molar-refractivity contribution is -0.192. The van der Waals surface area contributed by atoms with Crippen molar-refractivity contribution in [2.75, 3.05) is 13.1 Å². The molecule has 0 aliphatic carbocycles. The molecule has 0 spiro atoms. The summed E-state index contributed by atoms with van der Waals surface area (Å²) >= 11 is 0. The largest absolute Gasteiger partial charge is 0.490 e. The van der Waals surface area contributed by atoms with Crippen LogP contribution < -0.4 is 5.32 Å². The molecule has 2 rings (SSSR count). The summed E-state index contributed by atoms with van der Waals surface area (Å²) in [5, 5.41) is 15.7. The molecule has 5 nitrogen and oxygen atoms in total. The van der Waals surface area contributed by atoms with Gasteiger partial charge in [-0.3, -0.25) is 5.10 Å². The van der Waals surface area contributed by atoms with Crippen molar-refractivity contribution in [3.05, 3.63) is 17.5 Å². The van der Waals surface area contributed by atoms with Crippen molar-refractivity contribution in [2.24, 2.45) is 0 Å².